The van der Waals surface area contributed by atoms with E-state index >= 15 is 0 Å². The number of benzene rings is 1. The number of aromatic carboxylic acids is 1. The molecule has 6 heteroatoms. The molecule has 0 spiro atoms. The molecule has 0 aliphatic rings. The third-order valence-corrected chi connectivity index (χ3v) is 2.72. The number of carboxylic acids is 1. The van der Waals surface area contributed by atoms with E-state index < -0.39 is 11.9 Å². The maximum Gasteiger partial charge on any atom is 0.354 e. The van der Waals surface area contributed by atoms with E-state index in [-0.39, 0.29) is 5.69 Å². The fraction of sp³-hybridized carbons (Fsp3) is 0.0714. The first-order valence-electron chi connectivity index (χ1n) is 5.88. The van der Waals surface area contributed by atoms with Crippen LogP contribution in [0.1, 0.15) is 26.4 Å². The average molecular weight is 271 g/mol. The number of carbonyl (C=O) groups excluding carboxylic acids is 1. The number of anilines is 1. The van der Waals surface area contributed by atoms with E-state index in [1.807, 2.05) is 0 Å². The molecule has 0 aliphatic heterocycles. The number of pyridine rings is 1. The van der Waals surface area contributed by atoms with E-state index in [0.29, 0.717) is 17.8 Å². The third kappa shape index (κ3) is 3.32. The van der Waals surface area contributed by atoms with E-state index in [9.17, 15) is 9.59 Å². The highest BCUT2D eigenvalue weighted by molar-refractivity contribution is 5.92. The van der Waals surface area contributed by atoms with Gasteiger partial charge in [-0.15, -0.1) is 0 Å². The number of hydrogen-bond donors (Lipinski definition) is 3. The van der Waals surface area contributed by atoms with E-state index in [2.05, 4.69) is 10.3 Å². The SMILES string of the molecule is NC(=O)c1ccc(CNc2ccc(C(=O)O)nc2)cc1. The summed E-state index contributed by atoms with van der Waals surface area (Å²) in [5.74, 6) is -1.52. The molecule has 1 aromatic heterocycles. The summed E-state index contributed by atoms with van der Waals surface area (Å²) in [6, 6.07) is 9.99. The van der Waals surface area contributed by atoms with Crippen molar-refractivity contribution < 1.29 is 14.7 Å². The molecule has 0 unspecified atom stereocenters. The monoisotopic (exact) mass is 271 g/mol. The lowest BCUT2D eigenvalue weighted by atomic mass is 10.1. The van der Waals surface area contributed by atoms with Gasteiger partial charge in [0.2, 0.25) is 5.91 Å². The Morgan fingerprint density at radius 1 is 1.15 bits per heavy atom. The second-order valence-electron chi connectivity index (χ2n) is 4.15. The zero-order valence-electron chi connectivity index (χ0n) is 10.5. The molecule has 102 valence electrons. The van der Waals surface area contributed by atoms with Crippen molar-refractivity contribution in [3.63, 3.8) is 0 Å². The number of amides is 1. The molecule has 1 aromatic carbocycles. The maximum atomic E-state index is 10.9. The summed E-state index contributed by atoms with van der Waals surface area (Å²) in [5, 5.41) is 11.8. The summed E-state index contributed by atoms with van der Waals surface area (Å²) < 4.78 is 0. The van der Waals surface area contributed by atoms with Crippen LogP contribution in [0.4, 0.5) is 5.69 Å². The number of aromatic nitrogens is 1. The van der Waals surface area contributed by atoms with Crippen molar-refractivity contribution in [2.45, 2.75) is 6.54 Å². The van der Waals surface area contributed by atoms with E-state index in [1.165, 1.54) is 12.3 Å². The van der Waals surface area contributed by atoms with Crippen LogP contribution in [-0.4, -0.2) is 22.0 Å². The Morgan fingerprint density at radius 3 is 2.35 bits per heavy atom. The summed E-state index contributed by atoms with van der Waals surface area (Å²) in [4.78, 5) is 25.4. The lowest BCUT2D eigenvalue weighted by Crippen LogP contribution is -2.10. The molecule has 0 fully saturated rings. The minimum absolute atomic E-state index is 0.00126. The van der Waals surface area contributed by atoms with Crippen molar-refractivity contribution in [1.29, 1.82) is 0 Å². The molecule has 0 bridgehead atoms. The van der Waals surface area contributed by atoms with Crippen LogP contribution in [0.25, 0.3) is 0 Å². The predicted octanol–water partition coefficient (Wildman–Crippen LogP) is 1.49. The highest BCUT2D eigenvalue weighted by Crippen LogP contribution is 2.10. The Hall–Kier alpha value is -2.89. The summed E-state index contributed by atoms with van der Waals surface area (Å²) >= 11 is 0. The molecule has 2 aromatic rings. The Morgan fingerprint density at radius 2 is 1.85 bits per heavy atom. The Bertz CT molecular complexity index is 564. The second-order valence-corrected chi connectivity index (χ2v) is 4.15. The minimum Gasteiger partial charge on any atom is -0.477 e. The number of nitrogens with two attached hydrogens (primary N) is 1. The van der Waals surface area contributed by atoms with Gasteiger partial charge in [-0.25, -0.2) is 9.78 Å². The van der Waals surface area contributed by atoms with Crippen molar-refractivity contribution in [3.05, 3.63) is 59.4 Å². The summed E-state index contributed by atoms with van der Waals surface area (Å²) in [6.07, 6.45) is 1.46. The van der Waals surface area contributed by atoms with Gasteiger partial charge < -0.3 is 16.2 Å². The summed E-state index contributed by atoms with van der Waals surface area (Å²) in [7, 11) is 0. The van der Waals surface area contributed by atoms with Gasteiger partial charge in [0.15, 0.2) is 0 Å². The topological polar surface area (TPSA) is 105 Å². The standard InChI is InChI=1S/C14H13N3O3/c15-13(18)10-3-1-9(2-4-10)7-16-11-5-6-12(14(19)20)17-8-11/h1-6,8,16H,7H2,(H2,15,18)(H,19,20). The van der Waals surface area contributed by atoms with Gasteiger partial charge in [-0.3, -0.25) is 4.79 Å². The fourth-order valence-electron chi connectivity index (χ4n) is 1.62. The predicted molar refractivity (Wildman–Crippen MR) is 73.5 cm³/mol. The molecule has 2 rings (SSSR count). The second kappa shape index (κ2) is 5.83. The summed E-state index contributed by atoms with van der Waals surface area (Å²) in [5.41, 5.74) is 7.30. The number of carboxylic acid groups (broad SMARTS) is 1. The average Bonchev–Trinajstić information content (AvgIpc) is 2.46. The highest BCUT2D eigenvalue weighted by atomic mass is 16.4. The zero-order valence-corrected chi connectivity index (χ0v) is 10.5. The molecule has 6 nitrogen and oxygen atoms in total. The number of primary amides is 1. The number of nitrogens with one attached hydrogen (secondary N) is 1. The van der Waals surface area contributed by atoms with Crippen LogP contribution < -0.4 is 11.1 Å². The first-order valence-corrected chi connectivity index (χ1v) is 5.88. The van der Waals surface area contributed by atoms with E-state index in [4.69, 9.17) is 10.8 Å². The number of rotatable bonds is 5. The molecule has 0 atom stereocenters. The van der Waals surface area contributed by atoms with Gasteiger partial charge in [-0.1, -0.05) is 12.1 Å². The van der Waals surface area contributed by atoms with E-state index in [1.54, 1.807) is 30.3 Å². The van der Waals surface area contributed by atoms with Gasteiger partial charge in [0, 0.05) is 12.1 Å². The lowest BCUT2D eigenvalue weighted by molar-refractivity contribution is 0.0690. The zero-order chi connectivity index (χ0) is 14.5. The van der Waals surface area contributed by atoms with Crippen molar-refractivity contribution in [2.75, 3.05) is 5.32 Å². The highest BCUT2D eigenvalue weighted by Gasteiger charge is 2.03. The van der Waals surface area contributed by atoms with Crippen LogP contribution in [0.2, 0.25) is 0 Å². The van der Waals surface area contributed by atoms with Gasteiger partial charge in [-0.05, 0) is 29.8 Å². The van der Waals surface area contributed by atoms with Crippen molar-refractivity contribution in [3.8, 4) is 0 Å². The molecule has 4 N–H and O–H groups in total. The first-order chi connectivity index (χ1) is 9.56. The van der Waals surface area contributed by atoms with Gasteiger partial charge in [0.05, 0.1) is 11.9 Å². The van der Waals surface area contributed by atoms with Crippen LogP contribution in [0, 0.1) is 0 Å². The number of hydrogen-bond acceptors (Lipinski definition) is 4. The van der Waals surface area contributed by atoms with Crippen molar-refractivity contribution in [1.82, 2.24) is 4.98 Å². The normalized spacial score (nSPS) is 10.0. The van der Waals surface area contributed by atoms with Crippen LogP contribution in [0.3, 0.4) is 0 Å². The molecule has 0 saturated heterocycles. The third-order valence-electron chi connectivity index (χ3n) is 2.72. The molecule has 1 amide bonds. The fourth-order valence-corrected chi connectivity index (χ4v) is 1.62. The minimum atomic E-state index is -1.06. The number of carbonyl (C=O) groups is 2. The largest absolute Gasteiger partial charge is 0.477 e. The molecular formula is C14H13N3O3. The summed E-state index contributed by atoms with van der Waals surface area (Å²) in [6.45, 7) is 0.535. The van der Waals surface area contributed by atoms with E-state index in [0.717, 1.165) is 5.56 Å². The Labute approximate surface area is 115 Å². The molecular weight excluding hydrogens is 258 g/mol. The van der Waals surface area contributed by atoms with Crippen molar-refractivity contribution in [2.24, 2.45) is 5.73 Å². The maximum absolute atomic E-state index is 10.9. The first kappa shape index (κ1) is 13.5. The molecule has 20 heavy (non-hydrogen) atoms. The molecule has 1 heterocycles. The van der Waals surface area contributed by atoms with Crippen LogP contribution in [0.15, 0.2) is 42.6 Å². The molecule has 0 saturated carbocycles. The van der Waals surface area contributed by atoms with Crippen LogP contribution in [-0.2, 0) is 6.54 Å². The van der Waals surface area contributed by atoms with Gasteiger partial charge in [-0.2, -0.15) is 0 Å². The Balaban J connectivity index is 1.97. The van der Waals surface area contributed by atoms with Crippen LogP contribution in [0.5, 0.6) is 0 Å². The van der Waals surface area contributed by atoms with Gasteiger partial charge in [0.1, 0.15) is 5.69 Å². The molecule has 0 radical (unpaired) electrons. The quantitative estimate of drug-likeness (QED) is 0.764. The van der Waals surface area contributed by atoms with Gasteiger partial charge >= 0.3 is 5.97 Å². The van der Waals surface area contributed by atoms with Crippen molar-refractivity contribution >= 4 is 17.6 Å². The Kier molecular flexibility index (Phi) is 3.95. The smallest absolute Gasteiger partial charge is 0.354 e. The molecule has 0 aliphatic carbocycles. The number of nitrogens with zero attached hydrogens (tertiary/aromatic N) is 1. The van der Waals surface area contributed by atoms with Crippen LogP contribution >= 0.6 is 0 Å². The van der Waals surface area contributed by atoms with Gasteiger partial charge in [0.25, 0.3) is 0 Å². The lowest BCUT2D eigenvalue weighted by Gasteiger charge is -2.06.